The van der Waals surface area contributed by atoms with Crippen LogP contribution in [-0.2, 0) is 4.74 Å². The van der Waals surface area contributed by atoms with Crippen molar-refractivity contribution in [3.63, 3.8) is 0 Å². The van der Waals surface area contributed by atoms with Crippen LogP contribution in [0.15, 0.2) is 12.1 Å². The third-order valence-electron chi connectivity index (χ3n) is 2.49. The summed E-state index contributed by atoms with van der Waals surface area (Å²) in [6, 6.07) is 1.54. The molecule has 0 aliphatic rings. The van der Waals surface area contributed by atoms with E-state index in [0.29, 0.717) is 18.9 Å². The topological polar surface area (TPSA) is 52.3 Å². The molecule has 1 aromatic rings. The predicted octanol–water partition coefficient (Wildman–Crippen LogP) is 2.89. The lowest BCUT2D eigenvalue weighted by atomic mass is 10.1. The number of nitrogen functional groups attached to an aromatic ring is 1. The average molecular weight is 243 g/mol. The molecule has 2 N–H and O–H groups in total. The Hall–Kier alpha value is -1.65. The normalized spacial score (nSPS) is 10.6. The monoisotopic (exact) mass is 243 g/mol. The molecule has 0 aliphatic heterocycles. The van der Waals surface area contributed by atoms with Gasteiger partial charge in [-0.15, -0.1) is 0 Å². The highest BCUT2D eigenvalue weighted by atomic mass is 19.1. The zero-order valence-corrected chi connectivity index (χ0v) is 9.80. The Morgan fingerprint density at radius 2 is 1.88 bits per heavy atom. The zero-order valence-electron chi connectivity index (χ0n) is 9.80. The molecule has 0 saturated heterocycles. The van der Waals surface area contributed by atoms with Crippen LogP contribution in [0.4, 0.5) is 14.5 Å². The fourth-order valence-electron chi connectivity index (χ4n) is 1.39. The van der Waals surface area contributed by atoms with E-state index in [-0.39, 0.29) is 17.4 Å². The summed E-state index contributed by atoms with van der Waals surface area (Å²) in [5.41, 5.74) is 4.66. The molecule has 0 bridgehead atoms. The second-order valence-corrected chi connectivity index (χ2v) is 3.70. The van der Waals surface area contributed by atoms with Gasteiger partial charge in [-0.05, 0) is 18.9 Å². The highest BCUT2D eigenvalue weighted by Gasteiger charge is 2.18. The summed E-state index contributed by atoms with van der Waals surface area (Å²) in [5, 5.41) is 0. The van der Waals surface area contributed by atoms with Crippen LogP contribution in [0.25, 0.3) is 0 Å². The van der Waals surface area contributed by atoms with Crippen molar-refractivity contribution in [2.45, 2.75) is 32.8 Å². The number of esters is 1. The Bertz CT molecular complexity index is 417. The van der Waals surface area contributed by atoms with E-state index in [2.05, 4.69) is 0 Å². The first-order chi connectivity index (χ1) is 7.99. The van der Waals surface area contributed by atoms with Gasteiger partial charge in [-0.1, -0.05) is 13.8 Å². The van der Waals surface area contributed by atoms with E-state index in [4.69, 9.17) is 10.5 Å². The Labute approximate surface area is 98.6 Å². The number of nitrogens with two attached hydrogens (primary N) is 1. The van der Waals surface area contributed by atoms with E-state index in [1.54, 1.807) is 0 Å². The van der Waals surface area contributed by atoms with Crippen LogP contribution < -0.4 is 5.73 Å². The molecular weight excluding hydrogens is 228 g/mol. The largest absolute Gasteiger partial charge is 0.459 e. The van der Waals surface area contributed by atoms with Crippen LogP contribution in [0, 0.1) is 11.6 Å². The first kappa shape index (κ1) is 13.4. The first-order valence-electron chi connectivity index (χ1n) is 5.45. The van der Waals surface area contributed by atoms with Crippen LogP contribution in [0.1, 0.15) is 37.0 Å². The molecule has 0 fully saturated rings. The Morgan fingerprint density at radius 3 is 2.41 bits per heavy atom. The minimum atomic E-state index is -0.965. The average Bonchev–Trinajstić information content (AvgIpc) is 2.30. The predicted molar refractivity (Wildman–Crippen MR) is 60.6 cm³/mol. The molecule has 0 unspecified atom stereocenters. The fourth-order valence-corrected chi connectivity index (χ4v) is 1.39. The van der Waals surface area contributed by atoms with E-state index in [9.17, 15) is 13.6 Å². The molecule has 0 saturated carbocycles. The van der Waals surface area contributed by atoms with Crippen LogP contribution in [0.3, 0.4) is 0 Å². The van der Waals surface area contributed by atoms with Crippen molar-refractivity contribution in [1.82, 2.24) is 0 Å². The standard InChI is InChI=1S/C12H15F2NO2/c1-3-7(4-2)17-12(16)8-5-11(15)10(14)6-9(8)13/h5-7H,3-4,15H2,1-2H3. The Morgan fingerprint density at radius 1 is 1.29 bits per heavy atom. The van der Waals surface area contributed by atoms with Crippen molar-refractivity contribution in [1.29, 1.82) is 0 Å². The molecular formula is C12H15F2NO2. The molecule has 1 rings (SSSR count). The fraction of sp³-hybridized carbons (Fsp3) is 0.417. The van der Waals surface area contributed by atoms with Crippen molar-refractivity contribution >= 4 is 11.7 Å². The number of anilines is 1. The molecule has 17 heavy (non-hydrogen) atoms. The summed E-state index contributed by atoms with van der Waals surface area (Å²) < 4.78 is 31.3. The first-order valence-corrected chi connectivity index (χ1v) is 5.45. The van der Waals surface area contributed by atoms with Crippen molar-refractivity contribution in [3.8, 4) is 0 Å². The molecule has 0 radical (unpaired) electrons. The third kappa shape index (κ3) is 3.15. The molecule has 0 spiro atoms. The number of halogens is 2. The Balaban J connectivity index is 2.93. The molecule has 1 aromatic carbocycles. The molecule has 0 amide bonds. The van der Waals surface area contributed by atoms with Gasteiger partial charge in [0.1, 0.15) is 17.7 Å². The van der Waals surface area contributed by atoms with Crippen LogP contribution in [0.2, 0.25) is 0 Å². The lowest BCUT2D eigenvalue weighted by Gasteiger charge is -2.14. The molecule has 3 nitrogen and oxygen atoms in total. The van der Waals surface area contributed by atoms with Crippen LogP contribution in [0.5, 0.6) is 0 Å². The minimum absolute atomic E-state index is 0.270. The third-order valence-corrected chi connectivity index (χ3v) is 2.49. The van der Waals surface area contributed by atoms with Gasteiger partial charge >= 0.3 is 5.97 Å². The SMILES string of the molecule is CCC(CC)OC(=O)c1cc(N)c(F)cc1F. The van der Waals surface area contributed by atoms with E-state index in [1.807, 2.05) is 13.8 Å². The zero-order chi connectivity index (χ0) is 13.0. The van der Waals surface area contributed by atoms with E-state index in [0.717, 1.165) is 6.07 Å². The summed E-state index contributed by atoms with van der Waals surface area (Å²) in [5.74, 6) is -2.67. The number of carbonyl (C=O) groups is 1. The van der Waals surface area contributed by atoms with Gasteiger partial charge in [-0.3, -0.25) is 0 Å². The molecule has 0 heterocycles. The van der Waals surface area contributed by atoms with E-state index in [1.165, 1.54) is 0 Å². The second-order valence-electron chi connectivity index (χ2n) is 3.70. The summed E-state index contributed by atoms with van der Waals surface area (Å²) in [7, 11) is 0. The molecule has 5 heteroatoms. The Kier molecular flexibility index (Phi) is 4.43. The quantitative estimate of drug-likeness (QED) is 0.653. The highest BCUT2D eigenvalue weighted by molar-refractivity contribution is 5.90. The van der Waals surface area contributed by atoms with Crippen molar-refractivity contribution < 1.29 is 18.3 Å². The summed E-state index contributed by atoms with van der Waals surface area (Å²) >= 11 is 0. The van der Waals surface area contributed by atoms with E-state index < -0.39 is 17.6 Å². The van der Waals surface area contributed by atoms with Gasteiger partial charge in [-0.25, -0.2) is 13.6 Å². The van der Waals surface area contributed by atoms with E-state index >= 15 is 0 Å². The van der Waals surface area contributed by atoms with Gasteiger partial charge < -0.3 is 10.5 Å². The maximum atomic E-state index is 13.3. The second kappa shape index (κ2) is 5.61. The highest BCUT2D eigenvalue weighted by Crippen LogP contribution is 2.18. The van der Waals surface area contributed by atoms with Crippen molar-refractivity contribution in [2.75, 3.05) is 5.73 Å². The van der Waals surface area contributed by atoms with Gasteiger partial charge in [0, 0.05) is 6.07 Å². The van der Waals surface area contributed by atoms with Crippen LogP contribution in [-0.4, -0.2) is 12.1 Å². The molecule has 94 valence electrons. The number of benzene rings is 1. The number of hydrogen-bond donors (Lipinski definition) is 1. The van der Waals surface area contributed by atoms with Gasteiger partial charge in [0.15, 0.2) is 0 Å². The number of carbonyl (C=O) groups excluding carboxylic acids is 1. The van der Waals surface area contributed by atoms with Gasteiger partial charge in [0.05, 0.1) is 11.3 Å². The lowest BCUT2D eigenvalue weighted by molar-refractivity contribution is 0.0279. The minimum Gasteiger partial charge on any atom is -0.459 e. The molecule has 0 aliphatic carbocycles. The molecule has 0 aromatic heterocycles. The number of ether oxygens (including phenoxy) is 1. The van der Waals surface area contributed by atoms with Crippen molar-refractivity contribution in [2.24, 2.45) is 0 Å². The number of hydrogen-bond acceptors (Lipinski definition) is 3. The van der Waals surface area contributed by atoms with Gasteiger partial charge in [0.25, 0.3) is 0 Å². The van der Waals surface area contributed by atoms with Crippen LogP contribution >= 0.6 is 0 Å². The maximum Gasteiger partial charge on any atom is 0.341 e. The van der Waals surface area contributed by atoms with Gasteiger partial charge in [0.2, 0.25) is 0 Å². The smallest absolute Gasteiger partial charge is 0.341 e. The lowest BCUT2D eigenvalue weighted by Crippen LogP contribution is -2.18. The summed E-state index contributed by atoms with van der Waals surface area (Å²) in [4.78, 5) is 11.6. The van der Waals surface area contributed by atoms with Crippen molar-refractivity contribution in [3.05, 3.63) is 29.3 Å². The number of rotatable bonds is 4. The van der Waals surface area contributed by atoms with Gasteiger partial charge in [-0.2, -0.15) is 0 Å². The molecule has 0 atom stereocenters. The summed E-state index contributed by atoms with van der Waals surface area (Å²) in [6.07, 6.45) is 1.01. The summed E-state index contributed by atoms with van der Waals surface area (Å²) in [6.45, 7) is 3.72. The maximum absolute atomic E-state index is 13.3.